The first kappa shape index (κ1) is 13.4. The van der Waals surface area contributed by atoms with Crippen molar-refractivity contribution in [2.75, 3.05) is 12.4 Å². The number of rotatable bonds is 4. The Labute approximate surface area is 120 Å². The van der Waals surface area contributed by atoms with E-state index in [0.717, 1.165) is 27.6 Å². The van der Waals surface area contributed by atoms with Gasteiger partial charge in [0.2, 0.25) is 0 Å². The molecule has 1 aromatic carbocycles. The molecule has 0 saturated carbocycles. The summed E-state index contributed by atoms with van der Waals surface area (Å²) in [6.45, 7) is 1.98. The van der Waals surface area contributed by atoms with Crippen molar-refractivity contribution in [2.24, 2.45) is 0 Å². The molecule has 0 aliphatic carbocycles. The molecule has 18 heavy (non-hydrogen) atoms. The molecule has 0 aliphatic heterocycles. The van der Waals surface area contributed by atoms with Gasteiger partial charge >= 0.3 is 0 Å². The molecule has 0 saturated heterocycles. The predicted molar refractivity (Wildman–Crippen MR) is 80.0 cm³/mol. The van der Waals surface area contributed by atoms with Crippen LogP contribution in [0.2, 0.25) is 0 Å². The lowest BCUT2D eigenvalue weighted by atomic mass is 10.4. The van der Waals surface area contributed by atoms with Gasteiger partial charge in [0.25, 0.3) is 0 Å². The van der Waals surface area contributed by atoms with Gasteiger partial charge in [-0.3, -0.25) is 0 Å². The van der Waals surface area contributed by atoms with Crippen LogP contribution in [0.15, 0.2) is 39.7 Å². The fourth-order valence-corrected chi connectivity index (χ4v) is 2.66. The Bertz CT molecular complexity index is 531. The SMILES string of the molecule is CNc1nc(CSc2ccccc2)nc(C)c1Br. The van der Waals surface area contributed by atoms with E-state index in [1.807, 2.05) is 32.2 Å². The number of aromatic nitrogens is 2. The molecule has 0 aliphatic rings. The summed E-state index contributed by atoms with van der Waals surface area (Å²) in [7, 11) is 1.86. The van der Waals surface area contributed by atoms with Crippen molar-refractivity contribution in [3.05, 3.63) is 46.3 Å². The predicted octanol–water partition coefficient (Wildman–Crippen LogP) is 3.88. The average molecular weight is 324 g/mol. The van der Waals surface area contributed by atoms with Crippen molar-refractivity contribution in [3.63, 3.8) is 0 Å². The number of thioether (sulfide) groups is 1. The van der Waals surface area contributed by atoms with Crippen LogP contribution in [0.25, 0.3) is 0 Å². The van der Waals surface area contributed by atoms with Crippen LogP contribution in [-0.4, -0.2) is 17.0 Å². The van der Waals surface area contributed by atoms with Crippen molar-refractivity contribution < 1.29 is 0 Å². The van der Waals surface area contributed by atoms with E-state index < -0.39 is 0 Å². The van der Waals surface area contributed by atoms with Crippen molar-refractivity contribution in [3.8, 4) is 0 Å². The van der Waals surface area contributed by atoms with Gasteiger partial charge in [0.1, 0.15) is 11.6 Å². The molecule has 1 aromatic heterocycles. The molecule has 0 unspecified atom stereocenters. The molecule has 1 heterocycles. The molecule has 0 bridgehead atoms. The van der Waals surface area contributed by atoms with Crippen molar-refractivity contribution in [2.45, 2.75) is 17.6 Å². The van der Waals surface area contributed by atoms with Crippen LogP contribution in [0.3, 0.4) is 0 Å². The molecular weight excluding hydrogens is 310 g/mol. The van der Waals surface area contributed by atoms with Crippen LogP contribution < -0.4 is 5.32 Å². The van der Waals surface area contributed by atoms with Gasteiger partial charge in [0.15, 0.2) is 0 Å². The third-order valence-corrected chi connectivity index (χ3v) is 4.37. The number of benzene rings is 1. The summed E-state index contributed by atoms with van der Waals surface area (Å²) in [4.78, 5) is 10.2. The fraction of sp³-hybridized carbons (Fsp3) is 0.231. The maximum Gasteiger partial charge on any atom is 0.144 e. The Morgan fingerprint density at radius 2 is 1.94 bits per heavy atom. The molecule has 2 aromatic rings. The minimum absolute atomic E-state index is 0.771. The van der Waals surface area contributed by atoms with Gasteiger partial charge in [-0.05, 0) is 35.0 Å². The van der Waals surface area contributed by atoms with Gasteiger partial charge in [-0.25, -0.2) is 9.97 Å². The summed E-state index contributed by atoms with van der Waals surface area (Å²) in [5, 5.41) is 3.07. The van der Waals surface area contributed by atoms with Crippen LogP contribution in [0, 0.1) is 6.92 Å². The van der Waals surface area contributed by atoms with E-state index in [9.17, 15) is 0 Å². The molecule has 3 nitrogen and oxygen atoms in total. The van der Waals surface area contributed by atoms with Crippen LogP contribution in [0.4, 0.5) is 5.82 Å². The van der Waals surface area contributed by atoms with Crippen LogP contribution in [0.5, 0.6) is 0 Å². The van der Waals surface area contributed by atoms with Gasteiger partial charge in [-0.15, -0.1) is 11.8 Å². The second-order valence-corrected chi connectivity index (χ2v) is 5.58. The normalized spacial score (nSPS) is 10.4. The Balaban J connectivity index is 2.13. The lowest BCUT2D eigenvalue weighted by Crippen LogP contribution is -2.02. The second kappa shape index (κ2) is 6.20. The zero-order valence-corrected chi connectivity index (χ0v) is 12.7. The van der Waals surface area contributed by atoms with Gasteiger partial charge in [0, 0.05) is 11.9 Å². The number of nitrogens with one attached hydrogen (secondary N) is 1. The summed E-state index contributed by atoms with van der Waals surface area (Å²) in [5.74, 6) is 2.45. The third-order valence-electron chi connectivity index (χ3n) is 2.41. The van der Waals surface area contributed by atoms with E-state index >= 15 is 0 Å². The number of nitrogens with zero attached hydrogens (tertiary/aromatic N) is 2. The highest BCUT2D eigenvalue weighted by molar-refractivity contribution is 9.10. The molecule has 0 spiro atoms. The molecule has 1 N–H and O–H groups in total. The fourth-order valence-electron chi connectivity index (χ4n) is 1.51. The number of aryl methyl sites for hydroxylation is 1. The average Bonchev–Trinajstić information content (AvgIpc) is 2.41. The van der Waals surface area contributed by atoms with Crippen molar-refractivity contribution >= 4 is 33.5 Å². The summed E-state index contributed by atoms with van der Waals surface area (Å²) in [6, 6.07) is 10.3. The Kier molecular flexibility index (Phi) is 4.60. The molecule has 0 amide bonds. The topological polar surface area (TPSA) is 37.8 Å². The number of anilines is 1. The van der Waals surface area contributed by atoms with Gasteiger partial charge in [0.05, 0.1) is 15.9 Å². The standard InChI is InChI=1S/C13H14BrN3S/c1-9-12(14)13(15-2)17-11(16-9)8-18-10-6-4-3-5-7-10/h3-7H,8H2,1-2H3,(H,15,16,17). The summed E-state index contributed by atoms with van der Waals surface area (Å²) in [6.07, 6.45) is 0. The quantitative estimate of drug-likeness (QED) is 0.866. The first-order valence-electron chi connectivity index (χ1n) is 5.59. The molecule has 2 rings (SSSR count). The van der Waals surface area contributed by atoms with E-state index in [1.54, 1.807) is 11.8 Å². The van der Waals surface area contributed by atoms with Crippen molar-refractivity contribution in [1.82, 2.24) is 9.97 Å². The lowest BCUT2D eigenvalue weighted by Gasteiger charge is -2.08. The van der Waals surface area contributed by atoms with Crippen LogP contribution in [-0.2, 0) is 5.75 Å². The summed E-state index contributed by atoms with van der Waals surface area (Å²) >= 11 is 5.22. The van der Waals surface area contributed by atoms with Crippen molar-refractivity contribution in [1.29, 1.82) is 0 Å². The molecule has 94 valence electrons. The highest BCUT2D eigenvalue weighted by Gasteiger charge is 2.08. The number of halogens is 1. The zero-order chi connectivity index (χ0) is 13.0. The third kappa shape index (κ3) is 3.23. The van der Waals surface area contributed by atoms with E-state index in [4.69, 9.17) is 0 Å². The Morgan fingerprint density at radius 1 is 1.22 bits per heavy atom. The Hall–Kier alpha value is -1.07. The molecular formula is C13H14BrN3S. The minimum atomic E-state index is 0.771. The summed E-state index contributed by atoms with van der Waals surface area (Å²) < 4.78 is 0.929. The number of hydrogen-bond acceptors (Lipinski definition) is 4. The maximum absolute atomic E-state index is 4.48. The highest BCUT2D eigenvalue weighted by atomic mass is 79.9. The van der Waals surface area contributed by atoms with E-state index in [-0.39, 0.29) is 0 Å². The largest absolute Gasteiger partial charge is 0.372 e. The molecule has 0 radical (unpaired) electrons. The van der Waals surface area contributed by atoms with Gasteiger partial charge < -0.3 is 5.32 Å². The van der Waals surface area contributed by atoms with Gasteiger partial charge in [-0.1, -0.05) is 18.2 Å². The van der Waals surface area contributed by atoms with Gasteiger partial charge in [-0.2, -0.15) is 0 Å². The Morgan fingerprint density at radius 3 is 2.61 bits per heavy atom. The molecule has 0 fully saturated rings. The van der Waals surface area contributed by atoms with E-state index in [0.29, 0.717) is 0 Å². The minimum Gasteiger partial charge on any atom is -0.372 e. The number of hydrogen-bond donors (Lipinski definition) is 1. The second-order valence-electron chi connectivity index (χ2n) is 3.74. The first-order valence-corrected chi connectivity index (χ1v) is 7.37. The van der Waals surface area contributed by atoms with Crippen LogP contribution in [0.1, 0.15) is 11.5 Å². The smallest absolute Gasteiger partial charge is 0.144 e. The van der Waals surface area contributed by atoms with Crippen LogP contribution >= 0.6 is 27.7 Å². The summed E-state index contributed by atoms with van der Waals surface area (Å²) in [5.41, 5.74) is 0.956. The molecule has 5 heteroatoms. The first-order chi connectivity index (χ1) is 8.70. The van der Waals surface area contributed by atoms with E-state index in [1.165, 1.54) is 4.90 Å². The maximum atomic E-state index is 4.48. The zero-order valence-electron chi connectivity index (χ0n) is 10.3. The van der Waals surface area contributed by atoms with E-state index in [2.05, 4.69) is 43.3 Å². The molecule has 0 atom stereocenters. The monoisotopic (exact) mass is 323 g/mol. The highest BCUT2D eigenvalue weighted by Crippen LogP contribution is 2.25. The lowest BCUT2D eigenvalue weighted by molar-refractivity contribution is 0.985.